The molecule has 164 valence electrons. The lowest BCUT2D eigenvalue weighted by molar-refractivity contribution is 0.112. The van der Waals surface area contributed by atoms with Crippen LogP contribution in [0, 0.1) is 11.3 Å². The van der Waals surface area contributed by atoms with Gasteiger partial charge in [-0.2, -0.15) is 5.26 Å². The summed E-state index contributed by atoms with van der Waals surface area (Å²) in [5, 5.41) is 18.4. The summed E-state index contributed by atoms with van der Waals surface area (Å²) in [4.78, 5) is 14.0. The summed E-state index contributed by atoms with van der Waals surface area (Å²) in [6.45, 7) is 10.2. The molecule has 31 heavy (non-hydrogen) atoms. The minimum atomic E-state index is 0.113. The molecule has 1 unspecified atom stereocenters. The Morgan fingerprint density at radius 1 is 1.32 bits per heavy atom. The molecule has 0 saturated carbocycles. The van der Waals surface area contributed by atoms with Crippen molar-refractivity contribution in [3.63, 3.8) is 0 Å². The lowest BCUT2D eigenvalue weighted by Gasteiger charge is -2.47. The SMILES string of the molecule is CCCCCCN1c2ccc(N=Nc3sc(C=O)c(Cl)c3C#N)cc2C(C)CC1(C)C. The van der Waals surface area contributed by atoms with Crippen molar-refractivity contribution in [2.75, 3.05) is 11.4 Å². The van der Waals surface area contributed by atoms with E-state index in [1.807, 2.05) is 12.1 Å². The zero-order valence-electron chi connectivity index (χ0n) is 18.6. The van der Waals surface area contributed by atoms with Gasteiger partial charge in [0.1, 0.15) is 11.6 Å². The molecule has 0 spiro atoms. The van der Waals surface area contributed by atoms with Crippen molar-refractivity contribution in [3.05, 3.63) is 39.2 Å². The van der Waals surface area contributed by atoms with Crippen LogP contribution >= 0.6 is 22.9 Å². The molecule has 0 fully saturated rings. The van der Waals surface area contributed by atoms with Gasteiger partial charge < -0.3 is 4.90 Å². The number of halogens is 1. The zero-order chi connectivity index (χ0) is 22.6. The van der Waals surface area contributed by atoms with Gasteiger partial charge in [-0.15, -0.1) is 21.6 Å². The molecule has 0 saturated heterocycles. The quantitative estimate of drug-likeness (QED) is 0.228. The van der Waals surface area contributed by atoms with Gasteiger partial charge in [0, 0.05) is 17.8 Å². The molecule has 1 aliphatic heterocycles. The number of nitriles is 1. The average molecular weight is 457 g/mol. The van der Waals surface area contributed by atoms with Crippen LogP contribution in [-0.2, 0) is 0 Å². The van der Waals surface area contributed by atoms with Crippen LogP contribution in [0.5, 0.6) is 0 Å². The van der Waals surface area contributed by atoms with Crippen molar-refractivity contribution in [2.45, 2.75) is 71.3 Å². The Balaban J connectivity index is 1.89. The van der Waals surface area contributed by atoms with Gasteiger partial charge in [0.25, 0.3) is 0 Å². The number of azo groups is 1. The molecule has 0 radical (unpaired) electrons. The first-order chi connectivity index (χ1) is 14.8. The van der Waals surface area contributed by atoms with E-state index in [1.165, 1.54) is 36.9 Å². The topological polar surface area (TPSA) is 68.8 Å². The number of anilines is 1. The van der Waals surface area contributed by atoms with Gasteiger partial charge in [-0.25, -0.2) is 0 Å². The number of aldehydes is 1. The number of carbonyl (C=O) groups is 1. The van der Waals surface area contributed by atoms with Crippen molar-refractivity contribution < 1.29 is 4.79 Å². The highest BCUT2D eigenvalue weighted by molar-refractivity contribution is 7.18. The third-order valence-corrected chi connectivity index (χ3v) is 7.44. The van der Waals surface area contributed by atoms with E-state index in [2.05, 4.69) is 55.0 Å². The molecular weight excluding hydrogens is 428 g/mol. The molecule has 0 amide bonds. The normalized spacial score (nSPS) is 17.5. The molecule has 7 heteroatoms. The summed E-state index contributed by atoms with van der Waals surface area (Å²) in [6, 6.07) is 8.22. The van der Waals surface area contributed by atoms with Crippen molar-refractivity contribution in [3.8, 4) is 6.07 Å². The Hall–Kier alpha value is -2.23. The Bertz CT molecular complexity index is 1020. The van der Waals surface area contributed by atoms with Gasteiger partial charge in [0.05, 0.1) is 15.6 Å². The Kier molecular flexibility index (Phi) is 7.51. The summed E-state index contributed by atoms with van der Waals surface area (Å²) < 4.78 is 0. The monoisotopic (exact) mass is 456 g/mol. The van der Waals surface area contributed by atoms with Crippen LogP contribution in [0.1, 0.15) is 86.5 Å². The van der Waals surface area contributed by atoms with Crippen molar-refractivity contribution in [2.24, 2.45) is 10.2 Å². The summed E-state index contributed by atoms with van der Waals surface area (Å²) in [5.41, 5.74) is 3.60. The summed E-state index contributed by atoms with van der Waals surface area (Å²) in [5.74, 6) is 0.416. The second-order valence-corrected chi connectivity index (χ2v) is 10.2. The molecule has 0 aliphatic carbocycles. The molecule has 0 bridgehead atoms. The van der Waals surface area contributed by atoms with E-state index in [-0.39, 0.29) is 16.1 Å². The first kappa shape index (κ1) is 23.4. The molecule has 5 nitrogen and oxygen atoms in total. The second kappa shape index (κ2) is 9.93. The smallest absolute Gasteiger partial charge is 0.161 e. The van der Waals surface area contributed by atoms with E-state index in [1.54, 1.807) is 0 Å². The first-order valence-electron chi connectivity index (χ1n) is 10.8. The van der Waals surface area contributed by atoms with Crippen LogP contribution < -0.4 is 4.90 Å². The van der Waals surface area contributed by atoms with Gasteiger partial charge >= 0.3 is 0 Å². The number of benzene rings is 1. The minimum absolute atomic E-state index is 0.113. The van der Waals surface area contributed by atoms with Crippen LogP contribution in [0.3, 0.4) is 0 Å². The van der Waals surface area contributed by atoms with Gasteiger partial charge in [-0.3, -0.25) is 4.79 Å². The average Bonchev–Trinajstić information content (AvgIpc) is 3.05. The van der Waals surface area contributed by atoms with Gasteiger partial charge in [0.15, 0.2) is 11.3 Å². The van der Waals surface area contributed by atoms with Crippen LogP contribution in [0.2, 0.25) is 5.02 Å². The van der Waals surface area contributed by atoms with E-state index in [9.17, 15) is 10.1 Å². The van der Waals surface area contributed by atoms with Gasteiger partial charge in [0.2, 0.25) is 0 Å². The summed E-state index contributed by atoms with van der Waals surface area (Å²) in [7, 11) is 0. The van der Waals surface area contributed by atoms with Crippen molar-refractivity contribution in [1.82, 2.24) is 0 Å². The molecule has 3 rings (SSSR count). The van der Waals surface area contributed by atoms with Crippen molar-refractivity contribution >= 4 is 45.6 Å². The van der Waals surface area contributed by atoms with Crippen molar-refractivity contribution in [1.29, 1.82) is 5.26 Å². The zero-order valence-corrected chi connectivity index (χ0v) is 20.2. The molecule has 0 N–H and O–H groups in total. The maximum Gasteiger partial charge on any atom is 0.161 e. The lowest BCUT2D eigenvalue weighted by Crippen LogP contribution is -2.48. The Morgan fingerprint density at radius 3 is 2.77 bits per heavy atom. The maximum absolute atomic E-state index is 11.1. The molecule has 1 aromatic heterocycles. The van der Waals surface area contributed by atoms with Crippen LogP contribution in [0.15, 0.2) is 28.4 Å². The molecule has 2 aromatic rings. The standard InChI is InChI=1S/C24H29ClN4OS/c1-5-6-7-8-11-29-20-10-9-17(12-18(20)16(2)13-24(29,3)4)27-28-23-19(14-26)22(25)21(15-30)31-23/h9-10,12,15-16H,5-8,11,13H2,1-4H3. The highest BCUT2D eigenvalue weighted by Gasteiger charge is 2.36. The fraction of sp³-hybridized carbons (Fsp3) is 0.500. The fourth-order valence-corrected chi connectivity index (χ4v) is 5.55. The Labute approximate surface area is 193 Å². The third kappa shape index (κ3) is 4.99. The number of fused-ring (bicyclic) bond motifs is 1. The van der Waals surface area contributed by atoms with E-state index in [0.29, 0.717) is 22.1 Å². The maximum atomic E-state index is 11.1. The number of nitrogens with zero attached hydrogens (tertiary/aromatic N) is 4. The molecule has 1 aliphatic rings. The number of carbonyl (C=O) groups excluding carboxylic acids is 1. The lowest BCUT2D eigenvalue weighted by atomic mass is 9.80. The molecule has 1 atom stereocenters. The summed E-state index contributed by atoms with van der Waals surface area (Å²) in [6.07, 6.45) is 6.69. The Morgan fingerprint density at radius 2 is 2.10 bits per heavy atom. The number of unbranched alkanes of at least 4 members (excludes halogenated alkanes) is 3. The van der Waals surface area contributed by atoms with E-state index >= 15 is 0 Å². The minimum Gasteiger partial charge on any atom is -0.366 e. The molecule has 1 aromatic carbocycles. The highest BCUT2D eigenvalue weighted by atomic mass is 35.5. The first-order valence-corrected chi connectivity index (χ1v) is 12.0. The number of hydrogen-bond acceptors (Lipinski definition) is 6. The number of thiophene rings is 1. The predicted octanol–water partition coefficient (Wildman–Crippen LogP) is 8.17. The van der Waals surface area contributed by atoms with Crippen LogP contribution in [0.4, 0.5) is 16.4 Å². The third-order valence-electron chi connectivity index (χ3n) is 5.94. The molecule has 2 heterocycles. The second-order valence-electron chi connectivity index (χ2n) is 8.76. The van der Waals surface area contributed by atoms with E-state index in [4.69, 9.17) is 11.6 Å². The van der Waals surface area contributed by atoms with Gasteiger partial charge in [-0.1, -0.05) is 44.7 Å². The number of hydrogen-bond donors (Lipinski definition) is 0. The van der Waals surface area contributed by atoms with E-state index < -0.39 is 0 Å². The predicted molar refractivity (Wildman–Crippen MR) is 129 cm³/mol. The molecular formula is C24H29ClN4OS. The fourth-order valence-electron chi connectivity index (χ4n) is 4.42. The largest absolute Gasteiger partial charge is 0.366 e. The highest BCUT2D eigenvalue weighted by Crippen LogP contribution is 2.45. The van der Waals surface area contributed by atoms with Crippen LogP contribution in [0.25, 0.3) is 0 Å². The van der Waals surface area contributed by atoms with Crippen LogP contribution in [-0.4, -0.2) is 18.4 Å². The number of rotatable bonds is 8. The van der Waals surface area contributed by atoms with Gasteiger partial charge in [-0.05, 0) is 56.4 Å². The van der Waals surface area contributed by atoms with E-state index in [0.717, 1.165) is 30.0 Å². The summed E-state index contributed by atoms with van der Waals surface area (Å²) >= 11 is 7.16.